The zero-order valence-electron chi connectivity index (χ0n) is 11.7. The Morgan fingerprint density at radius 1 is 1.30 bits per heavy atom. The first kappa shape index (κ1) is 14.0. The van der Waals surface area contributed by atoms with Gasteiger partial charge >= 0.3 is 12.0 Å². The molecule has 5 unspecified atom stereocenters. The summed E-state index contributed by atoms with van der Waals surface area (Å²) in [5, 5.41) is 12.9. The second-order valence-electron chi connectivity index (χ2n) is 6.30. The molecule has 1 saturated heterocycles. The van der Waals surface area contributed by atoms with Crippen LogP contribution in [0.3, 0.4) is 0 Å². The summed E-state index contributed by atoms with van der Waals surface area (Å²) in [6, 6.07) is -0.232. The van der Waals surface area contributed by atoms with Gasteiger partial charge in [0.05, 0.1) is 5.92 Å². The fraction of sp³-hybridized carbons (Fsp3) is 0.857. The summed E-state index contributed by atoms with van der Waals surface area (Å²) in [4.78, 5) is 25.6. The lowest BCUT2D eigenvalue weighted by Gasteiger charge is -2.34. The number of nitrogens with one attached hydrogen (secondary N) is 1. The highest BCUT2D eigenvalue weighted by atomic mass is 32.2. The molecule has 5 nitrogen and oxygen atoms in total. The average molecular weight is 298 g/mol. The topological polar surface area (TPSA) is 69.6 Å². The van der Waals surface area contributed by atoms with E-state index in [9.17, 15) is 14.7 Å². The minimum Gasteiger partial charge on any atom is -0.481 e. The summed E-state index contributed by atoms with van der Waals surface area (Å²) in [6.45, 7) is 3.65. The minimum absolute atomic E-state index is 0.0686. The van der Waals surface area contributed by atoms with E-state index < -0.39 is 5.97 Å². The van der Waals surface area contributed by atoms with Crippen molar-refractivity contribution in [2.45, 2.75) is 37.5 Å². The van der Waals surface area contributed by atoms with Crippen molar-refractivity contribution in [3.05, 3.63) is 0 Å². The Labute approximate surface area is 123 Å². The molecule has 1 heterocycles. The number of nitrogens with zero attached hydrogens (tertiary/aromatic N) is 1. The van der Waals surface area contributed by atoms with Gasteiger partial charge in [0.1, 0.15) is 0 Å². The number of amides is 2. The molecule has 2 amide bonds. The van der Waals surface area contributed by atoms with E-state index in [1.54, 1.807) is 0 Å². The van der Waals surface area contributed by atoms with Gasteiger partial charge in [0.15, 0.2) is 0 Å². The van der Waals surface area contributed by atoms with Crippen LogP contribution in [0.25, 0.3) is 0 Å². The van der Waals surface area contributed by atoms with Crippen LogP contribution in [0.5, 0.6) is 0 Å². The van der Waals surface area contributed by atoms with E-state index in [-0.39, 0.29) is 23.9 Å². The zero-order chi connectivity index (χ0) is 14.3. The van der Waals surface area contributed by atoms with Crippen molar-refractivity contribution >= 4 is 23.8 Å². The Bertz CT molecular complexity index is 417. The standard InChI is InChI=1S/C14H22N2O3S/c1-8-7-16(4-5-20-8)14(19)15-12-10-3-2-9(6-10)11(12)13(17)18/h8-12H,2-7H2,1H3,(H,15,19)(H,17,18). The highest BCUT2D eigenvalue weighted by Gasteiger charge is 2.51. The molecule has 2 aliphatic carbocycles. The van der Waals surface area contributed by atoms with E-state index >= 15 is 0 Å². The lowest BCUT2D eigenvalue weighted by atomic mass is 9.84. The molecular weight excluding hydrogens is 276 g/mol. The van der Waals surface area contributed by atoms with Gasteiger partial charge in [-0.05, 0) is 31.1 Å². The summed E-state index contributed by atoms with van der Waals surface area (Å²) in [5.74, 6) is 0.466. The van der Waals surface area contributed by atoms with E-state index in [2.05, 4.69) is 12.2 Å². The van der Waals surface area contributed by atoms with Crippen molar-refractivity contribution in [1.82, 2.24) is 10.2 Å². The third-order valence-electron chi connectivity index (χ3n) is 5.02. The number of rotatable bonds is 2. The maximum atomic E-state index is 12.4. The quantitative estimate of drug-likeness (QED) is 0.813. The van der Waals surface area contributed by atoms with Crippen LogP contribution in [0.2, 0.25) is 0 Å². The predicted molar refractivity (Wildman–Crippen MR) is 77.8 cm³/mol. The van der Waals surface area contributed by atoms with Crippen LogP contribution in [0, 0.1) is 17.8 Å². The van der Waals surface area contributed by atoms with E-state index in [1.165, 1.54) is 0 Å². The fourth-order valence-electron chi connectivity index (χ4n) is 4.09. The number of thioether (sulfide) groups is 1. The normalized spacial score (nSPS) is 39.9. The largest absolute Gasteiger partial charge is 0.481 e. The lowest BCUT2D eigenvalue weighted by molar-refractivity contribution is -0.144. The first-order valence-corrected chi connectivity index (χ1v) is 8.51. The van der Waals surface area contributed by atoms with Gasteiger partial charge in [0, 0.05) is 30.1 Å². The molecule has 3 aliphatic rings. The molecule has 5 atom stereocenters. The van der Waals surface area contributed by atoms with Gasteiger partial charge in [0.2, 0.25) is 0 Å². The molecule has 3 rings (SSSR count). The van der Waals surface area contributed by atoms with Crippen LogP contribution >= 0.6 is 11.8 Å². The molecule has 1 aliphatic heterocycles. The molecule has 0 aromatic rings. The van der Waals surface area contributed by atoms with Gasteiger partial charge in [-0.25, -0.2) is 4.79 Å². The van der Waals surface area contributed by atoms with Gasteiger partial charge in [-0.3, -0.25) is 4.79 Å². The molecule has 6 heteroatoms. The van der Waals surface area contributed by atoms with E-state index in [1.807, 2.05) is 16.7 Å². The highest BCUT2D eigenvalue weighted by Crippen LogP contribution is 2.48. The summed E-state index contributed by atoms with van der Waals surface area (Å²) in [6.07, 6.45) is 3.03. The lowest BCUT2D eigenvalue weighted by Crippen LogP contribution is -2.53. The van der Waals surface area contributed by atoms with Crippen LogP contribution in [-0.2, 0) is 4.79 Å². The first-order chi connectivity index (χ1) is 9.56. The second-order valence-corrected chi connectivity index (χ2v) is 7.85. The third-order valence-corrected chi connectivity index (χ3v) is 6.16. The zero-order valence-corrected chi connectivity index (χ0v) is 12.6. The van der Waals surface area contributed by atoms with Crippen molar-refractivity contribution in [2.24, 2.45) is 17.8 Å². The van der Waals surface area contributed by atoms with Crippen LogP contribution in [0.1, 0.15) is 26.2 Å². The number of carbonyl (C=O) groups is 2. The average Bonchev–Trinajstić information content (AvgIpc) is 2.99. The summed E-state index contributed by atoms with van der Waals surface area (Å²) < 4.78 is 0. The Morgan fingerprint density at radius 3 is 2.75 bits per heavy atom. The summed E-state index contributed by atoms with van der Waals surface area (Å²) >= 11 is 1.88. The van der Waals surface area contributed by atoms with Crippen molar-refractivity contribution < 1.29 is 14.7 Å². The van der Waals surface area contributed by atoms with Gasteiger partial charge in [-0.15, -0.1) is 0 Å². The Morgan fingerprint density at radius 2 is 2.05 bits per heavy atom. The molecule has 3 fully saturated rings. The molecule has 2 N–H and O–H groups in total. The van der Waals surface area contributed by atoms with Crippen LogP contribution < -0.4 is 5.32 Å². The van der Waals surface area contributed by atoms with Gasteiger partial charge in [0.25, 0.3) is 0 Å². The van der Waals surface area contributed by atoms with Crippen LogP contribution in [0.15, 0.2) is 0 Å². The summed E-state index contributed by atoms with van der Waals surface area (Å²) in [5.41, 5.74) is 0. The SMILES string of the molecule is CC1CN(C(=O)NC2C3CCC(C3)C2C(=O)O)CCS1. The van der Waals surface area contributed by atoms with E-state index in [0.717, 1.165) is 38.1 Å². The number of urea groups is 1. The predicted octanol–water partition coefficient (Wildman–Crippen LogP) is 1.63. The van der Waals surface area contributed by atoms with Crippen LogP contribution in [-0.4, -0.2) is 52.1 Å². The highest BCUT2D eigenvalue weighted by molar-refractivity contribution is 7.99. The fourth-order valence-corrected chi connectivity index (χ4v) is 5.10. The van der Waals surface area contributed by atoms with E-state index in [0.29, 0.717) is 11.2 Å². The monoisotopic (exact) mass is 298 g/mol. The van der Waals surface area contributed by atoms with Crippen molar-refractivity contribution in [1.29, 1.82) is 0 Å². The molecule has 0 radical (unpaired) electrons. The molecular formula is C14H22N2O3S. The number of fused-ring (bicyclic) bond motifs is 2. The van der Waals surface area contributed by atoms with Crippen molar-refractivity contribution in [2.75, 3.05) is 18.8 Å². The Balaban J connectivity index is 1.64. The third kappa shape index (κ3) is 2.50. The number of carbonyl (C=O) groups excluding carboxylic acids is 1. The Hall–Kier alpha value is -0.910. The van der Waals surface area contributed by atoms with Gasteiger partial charge in [-0.2, -0.15) is 11.8 Å². The van der Waals surface area contributed by atoms with Crippen LogP contribution in [0.4, 0.5) is 4.79 Å². The number of carboxylic acids is 1. The van der Waals surface area contributed by atoms with Gasteiger partial charge in [-0.1, -0.05) is 6.92 Å². The smallest absolute Gasteiger partial charge is 0.317 e. The number of aliphatic carboxylic acids is 1. The molecule has 2 saturated carbocycles. The van der Waals surface area contributed by atoms with Gasteiger partial charge < -0.3 is 15.3 Å². The number of hydrogen-bond acceptors (Lipinski definition) is 3. The summed E-state index contributed by atoms with van der Waals surface area (Å²) in [7, 11) is 0. The first-order valence-electron chi connectivity index (χ1n) is 7.46. The maximum absolute atomic E-state index is 12.4. The van der Waals surface area contributed by atoms with E-state index in [4.69, 9.17) is 0 Å². The molecule has 0 aromatic heterocycles. The Kier molecular flexibility index (Phi) is 3.84. The minimum atomic E-state index is -0.745. The molecule has 112 valence electrons. The second kappa shape index (κ2) is 5.47. The molecule has 0 aromatic carbocycles. The molecule has 2 bridgehead atoms. The maximum Gasteiger partial charge on any atom is 0.317 e. The molecule has 20 heavy (non-hydrogen) atoms. The van der Waals surface area contributed by atoms with Crippen molar-refractivity contribution in [3.63, 3.8) is 0 Å². The molecule has 0 spiro atoms. The number of carboxylic acid groups (broad SMARTS) is 1. The number of hydrogen-bond donors (Lipinski definition) is 2. The van der Waals surface area contributed by atoms with Crippen molar-refractivity contribution in [3.8, 4) is 0 Å².